The number of urea groups is 1. The Labute approximate surface area is 191 Å². The van der Waals surface area contributed by atoms with E-state index in [0.29, 0.717) is 25.6 Å². The highest BCUT2D eigenvalue weighted by Gasteiger charge is 2.19. The van der Waals surface area contributed by atoms with Crippen LogP contribution in [0.4, 0.5) is 10.5 Å². The monoisotopic (exact) mass is 443 g/mol. The zero-order chi connectivity index (χ0) is 23.2. The Hall–Kier alpha value is -2.86. The molecule has 1 aromatic rings. The second-order valence-electron chi connectivity index (χ2n) is 8.49. The SMILES string of the molecule is CC(C)NC(=O)N(CCCCCN(C(N)=NC#N)c1ccncc1)OCC1CCCCC1. The summed E-state index contributed by atoms with van der Waals surface area (Å²) in [6.07, 6.45) is 13.7. The second kappa shape index (κ2) is 14.2. The zero-order valence-electron chi connectivity index (χ0n) is 19.4. The van der Waals surface area contributed by atoms with E-state index in [1.54, 1.807) is 23.5 Å². The summed E-state index contributed by atoms with van der Waals surface area (Å²) in [5, 5.41) is 13.3. The Bertz CT molecular complexity index is 742. The number of nitrogens with zero attached hydrogens (tertiary/aromatic N) is 5. The highest BCUT2D eigenvalue weighted by Crippen LogP contribution is 2.24. The summed E-state index contributed by atoms with van der Waals surface area (Å²) in [7, 11) is 0. The fraction of sp³-hybridized carbons (Fsp3) is 0.652. The van der Waals surface area contributed by atoms with Crippen LogP contribution >= 0.6 is 0 Å². The van der Waals surface area contributed by atoms with Crippen LogP contribution in [0.15, 0.2) is 29.5 Å². The molecule has 9 nitrogen and oxygen atoms in total. The first-order valence-corrected chi connectivity index (χ1v) is 11.6. The first-order chi connectivity index (χ1) is 15.5. The van der Waals surface area contributed by atoms with Gasteiger partial charge in [-0.3, -0.25) is 9.82 Å². The van der Waals surface area contributed by atoms with Crippen molar-refractivity contribution in [2.45, 2.75) is 71.3 Å². The Morgan fingerprint density at radius 1 is 1.25 bits per heavy atom. The number of unbranched alkanes of at least 4 members (excludes halogenated alkanes) is 2. The van der Waals surface area contributed by atoms with E-state index in [4.69, 9.17) is 15.8 Å². The molecule has 1 heterocycles. The lowest BCUT2D eigenvalue weighted by atomic mass is 9.90. The van der Waals surface area contributed by atoms with Crippen molar-refractivity contribution in [1.29, 1.82) is 5.26 Å². The summed E-state index contributed by atoms with van der Waals surface area (Å²) in [5.74, 6) is 0.696. The number of guanidine groups is 1. The standard InChI is InChI=1S/C23H37N7O2/c1-19(2)28-23(31)30(32-17-20-9-5-3-6-10-20)16-8-4-7-15-29(22(25)27-18-24)21-11-13-26-14-12-21/h11-14,19-20H,3-10,15-17H2,1-2H3,(H2,25,27)(H,28,31). The molecular weight excluding hydrogens is 406 g/mol. The number of nitrogens with two attached hydrogens (primary N) is 1. The Kier molecular flexibility index (Phi) is 11.3. The average molecular weight is 444 g/mol. The number of hydrogen-bond acceptors (Lipinski definition) is 5. The average Bonchev–Trinajstić information content (AvgIpc) is 2.79. The minimum Gasteiger partial charge on any atom is -0.369 e. The van der Waals surface area contributed by atoms with Crippen molar-refractivity contribution in [1.82, 2.24) is 15.4 Å². The molecule has 9 heteroatoms. The normalized spacial score (nSPS) is 14.8. The summed E-state index contributed by atoms with van der Waals surface area (Å²) in [5.41, 5.74) is 6.81. The number of amides is 2. The van der Waals surface area contributed by atoms with Gasteiger partial charge in [-0.2, -0.15) is 5.26 Å². The highest BCUT2D eigenvalue weighted by atomic mass is 16.7. The molecule has 3 N–H and O–H groups in total. The fourth-order valence-electron chi connectivity index (χ4n) is 3.81. The van der Waals surface area contributed by atoms with Gasteiger partial charge in [0.2, 0.25) is 12.2 Å². The number of carbonyl (C=O) groups is 1. The molecule has 0 radical (unpaired) electrons. The number of nitriles is 1. The number of carbonyl (C=O) groups excluding carboxylic acids is 1. The molecule has 2 rings (SSSR count). The van der Waals surface area contributed by atoms with Gasteiger partial charge in [-0.1, -0.05) is 19.3 Å². The van der Waals surface area contributed by atoms with Crippen molar-refractivity contribution in [3.63, 3.8) is 0 Å². The third-order valence-electron chi connectivity index (χ3n) is 5.49. The molecule has 0 saturated heterocycles. The Balaban J connectivity index is 1.83. The molecule has 0 spiro atoms. The molecule has 1 fully saturated rings. The third kappa shape index (κ3) is 9.10. The van der Waals surface area contributed by atoms with Crippen LogP contribution < -0.4 is 16.0 Å². The van der Waals surface area contributed by atoms with Gasteiger partial charge in [0.05, 0.1) is 13.2 Å². The molecule has 1 aliphatic carbocycles. The lowest BCUT2D eigenvalue weighted by Gasteiger charge is -2.27. The summed E-state index contributed by atoms with van der Waals surface area (Å²) in [4.78, 5) is 28.0. The van der Waals surface area contributed by atoms with E-state index in [0.717, 1.165) is 24.9 Å². The lowest BCUT2D eigenvalue weighted by molar-refractivity contribution is -0.133. The highest BCUT2D eigenvalue weighted by molar-refractivity contribution is 5.95. The van der Waals surface area contributed by atoms with Gasteiger partial charge >= 0.3 is 6.03 Å². The van der Waals surface area contributed by atoms with Gasteiger partial charge in [0.1, 0.15) is 0 Å². The minimum atomic E-state index is -0.181. The topological polar surface area (TPSA) is 120 Å². The summed E-state index contributed by atoms with van der Waals surface area (Å²) < 4.78 is 0. The number of rotatable bonds is 11. The van der Waals surface area contributed by atoms with Gasteiger partial charge in [0, 0.05) is 30.7 Å². The van der Waals surface area contributed by atoms with Crippen LogP contribution in [0.25, 0.3) is 0 Å². The lowest BCUT2D eigenvalue weighted by Crippen LogP contribution is -2.44. The van der Waals surface area contributed by atoms with Gasteiger partial charge in [0.25, 0.3) is 0 Å². The summed E-state index contributed by atoms with van der Waals surface area (Å²) in [6.45, 7) is 5.63. The molecule has 0 atom stereocenters. The molecule has 1 saturated carbocycles. The third-order valence-corrected chi connectivity index (χ3v) is 5.49. The van der Waals surface area contributed by atoms with Crippen molar-refractivity contribution in [2.24, 2.45) is 16.6 Å². The van der Waals surface area contributed by atoms with Crippen molar-refractivity contribution in [3.8, 4) is 6.19 Å². The number of pyridine rings is 1. The van der Waals surface area contributed by atoms with Crippen LogP contribution in [0.3, 0.4) is 0 Å². The molecule has 32 heavy (non-hydrogen) atoms. The number of aliphatic imine (C=N–C) groups is 1. The van der Waals surface area contributed by atoms with E-state index in [1.807, 2.05) is 26.0 Å². The number of nitrogens with one attached hydrogen (secondary N) is 1. The number of hydroxylamine groups is 2. The summed E-state index contributed by atoms with van der Waals surface area (Å²) >= 11 is 0. The van der Waals surface area contributed by atoms with E-state index >= 15 is 0 Å². The number of hydrogen-bond donors (Lipinski definition) is 2. The van der Waals surface area contributed by atoms with Gasteiger partial charge in [0.15, 0.2) is 0 Å². The van der Waals surface area contributed by atoms with E-state index in [2.05, 4.69) is 15.3 Å². The second-order valence-corrected chi connectivity index (χ2v) is 8.49. The van der Waals surface area contributed by atoms with Crippen molar-refractivity contribution >= 4 is 17.7 Å². The molecule has 0 bridgehead atoms. The molecule has 0 aliphatic heterocycles. The van der Waals surface area contributed by atoms with Crippen LogP contribution in [0.2, 0.25) is 0 Å². The van der Waals surface area contributed by atoms with Crippen molar-refractivity contribution < 1.29 is 9.63 Å². The number of anilines is 1. The van der Waals surface area contributed by atoms with Crippen molar-refractivity contribution in [2.75, 3.05) is 24.6 Å². The van der Waals surface area contributed by atoms with Gasteiger partial charge in [-0.15, -0.1) is 4.99 Å². The maximum absolute atomic E-state index is 12.6. The largest absolute Gasteiger partial charge is 0.369 e. The van der Waals surface area contributed by atoms with Gasteiger partial charge in [-0.25, -0.2) is 9.86 Å². The van der Waals surface area contributed by atoms with Gasteiger partial charge in [-0.05, 0) is 64.0 Å². The maximum atomic E-state index is 12.6. The molecule has 0 unspecified atom stereocenters. The zero-order valence-corrected chi connectivity index (χ0v) is 19.4. The summed E-state index contributed by atoms with van der Waals surface area (Å²) in [6, 6.07) is 3.53. The Morgan fingerprint density at radius 3 is 2.59 bits per heavy atom. The quantitative estimate of drug-likeness (QED) is 0.176. The van der Waals surface area contributed by atoms with E-state index in [9.17, 15) is 4.79 Å². The van der Waals surface area contributed by atoms with Crippen LogP contribution in [-0.4, -0.2) is 47.8 Å². The predicted octanol–water partition coefficient (Wildman–Crippen LogP) is 3.79. The molecular formula is C23H37N7O2. The fourth-order valence-corrected chi connectivity index (χ4v) is 3.81. The molecule has 1 aliphatic rings. The minimum absolute atomic E-state index is 0.0552. The maximum Gasteiger partial charge on any atom is 0.341 e. The first kappa shape index (κ1) is 25.4. The van der Waals surface area contributed by atoms with Crippen LogP contribution in [0.5, 0.6) is 0 Å². The first-order valence-electron chi connectivity index (χ1n) is 11.6. The molecule has 1 aromatic heterocycles. The van der Waals surface area contributed by atoms with E-state index < -0.39 is 0 Å². The number of aromatic nitrogens is 1. The van der Waals surface area contributed by atoms with Crippen LogP contribution in [-0.2, 0) is 4.84 Å². The predicted molar refractivity (Wildman–Crippen MR) is 126 cm³/mol. The van der Waals surface area contributed by atoms with Crippen LogP contribution in [0.1, 0.15) is 65.2 Å². The Morgan fingerprint density at radius 2 is 1.94 bits per heavy atom. The van der Waals surface area contributed by atoms with Crippen molar-refractivity contribution in [3.05, 3.63) is 24.5 Å². The smallest absolute Gasteiger partial charge is 0.341 e. The molecule has 0 aromatic carbocycles. The van der Waals surface area contributed by atoms with E-state index in [1.165, 1.54) is 37.2 Å². The molecule has 176 valence electrons. The van der Waals surface area contributed by atoms with E-state index in [-0.39, 0.29) is 18.0 Å². The van der Waals surface area contributed by atoms with Gasteiger partial charge < -0.3 is 16.0 Å². The molecule has 2 amide bonds. The van der Waals surface area contributed by atoms with Crippen LogP contribution in [0, 0.1) is 17.4 Å².